The van der Waals surface area contributed by atoms with E-state index in [9.17, 15) is 10.3 Å². The van der Waals surface area contributed by atoms with E-state index in [0.29, 0.717) is 17.8 Å². The number of ether oxygens (including phenoxy) is 2. The fourth-order valence-electron chi connectivity index (χ4n) is 3.54. The summed E-state index contributed by atoms with van der Waals surface area (Å²) in [7, 11) is 1.60. The molecule has 0 N–H and O–H groups in total. The number of carbonyl (C=O) groups is 1. The number of hydrogen-bond acceptors (Lipinski definition) is 3. The van der Waals surface area contributed by atoms with Gasteiger partial charge in [0.05, 0.1) is 13.5 Å². The van der Waals surface area contributed by atoms with E-state index >= 15 is 0 Å². The lowest BCUT2D eigenvalue weighted by Crippen LogP contribution is -2.38. The van der Waals surface area contributed by atoms with E-state index in [2.05, 4.69) is 25.6 Å². The zero-order valence-corrected chi connectivity index (χ0v) is 15.6. The van der Waals surface area contributed by atoms with Gasteiger partial charge < -0.3 is 15.0 Å². The Morgan fingerprint density at radius 3 is 2.52 bits per heavy atom. The third-order valence-electron chi connectivity index (χ3n) is 5.11. The van der Waals surface area contributed by atoms with Crippen LogP contribution in [0.2, 0.25) is 0 Å². The first-order valence-electron chi connectivity index (χ1n) is 8.99. The smallest absolute Gasteiger partial charge is 0.417 e. The van der Waals surface area contributed by atoms with Gasteiger partial charge in [0.2, 0.25) is 0 Å². The van der Waals surface area contributed by atoms with Crippen LogP contribution in [0.5, 0.6) is 5.75 Å². The monoisotopic (exact) mass is 344 g/mol. The highest BCUT2D eigenvalue weighted by Gasteiger charge is 2.35. The highest BCUT2D eigenvalue weighted by molar-refractivity contribution is 6.34. The van der Waals surface area contributed by atoms with E-state index in [0.717, 1.165) is 24.2 Å². The maximum absolute atomic E-state index is 12.5. The quantitative estimate of drug-likeness (QED) is 0.340. The minimum absolute atomic E-state index is 0.0332. The highest BCUT2D eigenvalue weighted by Crippen LogP contribution is 2.35. The molecule has 3 atom stereocenters. The molecule has 1 aliphatic rings. The van der Waals surface area contributed by atoms with Crippen LogP contribution < -0.4 is 4.74 Å². The molecular weight excluding hydrogens is 316 g/mol. The van der Waals surface area contributed by atoms with Crippen molar-refractivity contribution in [3.63, 3.8) is 0 Å². The van der Waals surface area contributed by atoms with Gasteiger partial charge >= 0.3 is 11.7 Å². The van der Waals surface area contributed by atoms with Gasteiger partial charge in [-0.2, -0.15) is 4.79 Å². The molecule has 0 heterocycles. The van der Waals surface area contributed by atoms with Crippen molar-refractivity contribution in [2.24, 2.45) is 17.8 Å². The van der Waals surface area contributed by atoms with Crippen LogP contribution in [0.3, 0.4) is 0 Å². The largest absolute Gasteiger partial charge is 0.497 e. The van der Waals surface area contributed by atoms with Gasteiger partial charge in [0.1, 0.15) is 11.9 Å². The van der Waals surface area contributed by atoms with Crippen molar-refractivity contribution < 1.29 is 19.1 Å². The molecule has 0 bridgehead atoms. The zero-order valence-electron chi connectivity index (χ0n) is 15.6. The summed E-state index contributed by atoms with van der Waals surface area (Å²) in [6.45, 7) is 6.52. The van der Waals surface area contributed by atoms with Crippen LogP contribution in [-0.4, -0.2) is 29.7 Å². The molecule has 0 amide bonds. The Kier molecular flexibility index (Phi) is 6.77. The van der Waals surface area contributed by atoms with Crippen molar-refractivity contribution in [3.05, 3.63) is 35.4 Å². The van der Waals surface area contributed by atoms with Crippen molar-refractivity contribution in [2.45, 2.75) is 52.6 Å². The van der Waals surface area contributed by atoms with Crippen LogP contribution in [0, 0.1) is 17.8 Å². The molecule has 136 valence electrons. The number of carbonyl (C=O) groups excluding carboxylic acids is 1. The van der Waals surface area contributed by atoms with Crippen LogP contribution in [-0.2, 0) is 16.0 Å². The van der Waals surface area contributed by atoms with Gasteiger partial charge in [-0.05, 0) is 48.3 Å². The van der Waals surface area contributed by atoms with Crippen molar-refractivity contribution in [1.29, 1.82) is 0 Å². The maximum Gasteiger partial charge on any atom is 0.417 e. The van der Waals surface area contributed by atoms with Crippen LogP contribution in [0.15, 0.2) is 24.3 Å². The van der Waals surface area contributed by atoms with Gasteiger partial charge in [-0.3, -0.25) is 0 Å². The second kappa shape index (κ2) is 8.82. The molecule has 1 saturated carbocycles. The number of hydrogen-bond donors (Lipinski definition) is 0. The Bertz CT molecular complexity index is 633. The lowest BCUT2D eigenvalue weighted by atomic mass is 9.75. The summed E-state index contributed by atoms with van der Waals surface area (Å²) < 4.78 is 10.9. The summed E-state index contributed by atoms with van der Waals surface area (Å²) in [6, 6.07) is 7.31. The van der Waals surface area contributed by atoms with Crippen LogP contribution in [0.1, 0.15) is 45.6 Å². The maximum atomic E-state index is 12.5. The fourth-order valence-corrected chi connectivity index (χ4v) is 3.54. The summed E-state index contributed by atoms with van der Waals surface area (Å²) >= 11 is 0. The average Bonchev–Trinajstić information content (AvgIpc) is 2.59. The van der Waals surface area contributed by atoms with E-state index in [1.165, 1.54) is 6.42 Å². The molecule has 0 unspecified atom stereocenters. The predicted molar refractivity (Wildman–Crippen MR) is 96.5 cm³/mol. The van der Waals surface area contributed by atoms with Crippen molar-refractivity contribution in [1.82, 2.24) is 0 Å². The second-order valence-electron chi connectivity index (χ2n) is 7.34. The minimum Gasteiger partial charge on any atom is -0.497 e. The highest BCUT2D eigenvalue weighted by atomic mass is 16.5. The zero-order chi connectivity index (χ0) is 18.4. The molecule has 2 rings (SSSR count). The first-order chi connectivity index (χ1) is 11.9. The molecule has 0 saturated heterocycles. The number of benzene rings is 1. The second-order valence-corrected chi connectivity index (χ2v) is 7.34. The first kappa shape index (κ1) is 19.2. The van der Waals surface area contributed by atoms with E-state index in [1.807, 2.05) is 24.3 Å². The summed E-state index contributed by atoms with van der Waals surface area (Å²) in [4.78, 5) is 15.7. The molecule has 1 fully saturated rings. The van der Waals surface area contributed by atoms with Gasteiger partial charge in [-0.15, -0.1) is 0 Å². The van der Waals surface area contributed by atoms with Gasteiger partial charge in [0.15, 0.2) is 0 Å². The third-order valence-corrected chi connectivity index (χ3v) is 5.11. The Morgan fingerprint density at radius 1 is 1.28 bits per heavy atom. The number of esters is 1. The Balaban J connectivity index is 2.04. The standard InChI is InChI=1S/C20H28N2O3/c1-13(2)17-10-5-14(3)11-19(17)25-20(23)18(22-21)12-15-6-8-16(24-4)9-7-15/h6-9,13-14,17,19H,5,10-12H2,1-4H3/t14-,17+,19-/m1/s1. The molecule has 0 aromatic heterocycles. The number of methoxy groups -OCH3 is 1. The van der Waals surface area contributed by atoms with Crippen molar-refractivity contribution in [3.8, 4) is 5.75 Å². The molecule has 25 heavy (non-hydrogen) atoms. The van der Waals surface area contributed by atoms with E-state index in [4.69, 9.17) is 9.47 Å². The predicted octanol–water partition coefficient (Wildman–Crippen LogP) is 3.91. The van der Waals surface area contributed by atoms with Crippen molar-refractivity contribution >= 4 is 11.7 Å². The average molecular weight is 344 g/mol. The summed E-state index contributed by atoms with van der Waals surface area (Å²) in [6.07, 6.45) is 3.23. The molecule has 0 radical (unpaired) electrons. The Hall–Kier alpha value is -2.13. The van der Waals surface area contributed by atoms with Crippen LogP contribution in [0.25, 0.3) is 5.53 Å². The molecule has 0 spiro atoms. The number of nitrogens with zero attached hydrogens (tertiary/aromatic N) is 2. The topological polar surface area (TPSA) is 71.9 Å². The molecule has 1 aromatic carbocycles. The molecule has 1 aliphatic carbocycles. The van der Waals surface area contributed by atoms with Gasteiger partial charge in [-0.25, -0.2) is 4.79 Å². The SMILES string of the molecule is COc1ccc(CC(=[N+]=[N-])C(=O)O[C@@H]2C[C@H](C)CC[C@H]2C(C)C)cc1. The molecule has 5 nitrogen and oxygen atoms in total. The Morgan fingerprint density at radius 2 is 1.96 bits per heavy atom. The first-order valence-corrected chi connectivity index (χ1v) is 8.99. The van der Waals surface area contributed by atoms with Crippen molar-refractivity contribution in [2.75, 3.05) is 7.11 Å². The van der Waals surface area contributed by atoms with Gasteiger partial charge in [0.25, 0.3) is 0 Å². The van der Waals surface area contributed by atoms with Gasteiger partial charge in [0, 0.05) is 0 Å². The fraction of sp³-hybridized carbons (Fsp3) is 0.600. The van der Waals surface area contributed by atoms with Gasteiger partial charge in [-0.1, -0.05) is 39.3 Å². The normalized spacial score (nSPS) is 23.0. The lowest BCUT2D eigenvalue weighted by molar-refractivity contribution is -0.152. The molecule has 5 heteroatoms. The lowest BCUT2D eigenvalue weighted by Gasteiger charge is -2.36. The van der Waals surface area contributed by atoms with Crippen LogP contribution >= 0.6 is 0 Å². The van der Waals surface area contributed by atoms with E-state index in [1.54, 1.807) is 7.11 Å². The summed E-state index contributed by atoms with van der Waals surface area (Å²) in [5, 5.41) is 0. The summed E-state index contributed by atoms with van der Waals surface area (Å²) in [5.41, 5.74) is 10.2. The third kappa shape index (κ3) is 5.17. The van der Waals surface area contributed by atoms with Crippen LogP contribution in [0.4, 0.5) is 0 Å². The number of rotatable bonds is 6. The van der Waals surface area contributed by atoms with E-state index < -0.39 is 5.97 Å². The molecule has 1 aromatic rings. The molecular formula is C20H28N2O3. The molecule has 0 aliphatic heterocycles. The Labute approximate surface area is 150 Å². The van der Waals surface area contributed by atoms with E-state index in [-0.39, 0.29) is 18.2 Å². The minimum atomic E-state index is -0.525. The summed E-state index contributed by atoms with van der Waals surface area (Å²) in [5.74, 6) is 1.58.